The molecule has 2 nitrogen and oxygen atoms in total. The summed E-state index contributed by atoms with van der Waals surface area (Å²) in [6, 6.07) is 6.32. The van der Waals surface area contributed by atoms with Gasteiger partial charge >= 0.3 is 0 Å². The lowest BCUT2D eigenvalue weighted by Crippen LogP contribution is -2.16. The molecule has 0 N–H and O–H groups in total. The Morgan fingerprint density at radius 2 is 2.08 bits per heavy atom. The van der Waals surface area contributed by atoms with Crippen molar-refractivity contribution >= 4 is 0 Å². The van der Waals surface area contributed by atoms with Crippen molar-refractivity contribution in [1.82, 2.24) is 0 Å². The molecule has 1 unspecified atom stereocenters. The summed E-state index contributed by atoms with van der Waals surface area (Å²) in [4.78, 5) is 0. The standard InChI is InChI=1S/C10H13FO2/c1-8(12-2)7-13-10-6-4-3-5-9(10)11/h3-6,8H,7H2,1-2H3. The van der Waals surface area contributed by atoms with E-state index in [9.17, 15) is 4.39 Å². The van der Waals surface area contributed by atoms with Crippen molar-refractivity contribution in [3.8, 4) is 5.75 Å². The summed E-state index contributed by atoms with van der Waals surface area (Å²) in [5.41, 5.74) is 0. The Labute approximate surface area is 77.3 Å². The number of halogens is 1. The van der Waals surface area contributed by atoms with Crippen LogP contribution in [0.15, 0.2) is 24.3 Å². The van der Waals surface area contributed by atoms with Crippen molar-refractivity contribution in [3.05, 3.63) is 30.1 Å². The van der Waals surface area contributed by atoms with Gasteiger partial charge < -0.3 is 9.47 Å². The Balaban J connectivity index is 2.50. The molecule has 0 radical (unpaired) electrons. The molecule has 0 saturated carbocycles. The monoisotopic (exact) mass is 184 g/mol. The molecule has 0 aliphatic heterocycles. The molecule has 0 bridgehead atoms. The Kier molecular flexibility index (Phi) is 3.71. The molecule has 0 heterocycles. The van der Waals surface area contributed by atoms with Gasteiger partial charge in [-0.05, 0) is 19.1 Å². The highest BCUT2D eigenvalue weighted by atomic mass is 19.1. The van der Waals surface area contributed by atoms with Crippen molar-refractivity contribution < 1.29 is 13.9 Å². The van der Waals surface area contributed by atoms with Gasteiger partial charge in [0.05, 0.1) is 6.10 Å². The minimum absolute atomic E-state index is 0.0281. The van der Waals surface area contributed by atoms with E-state index in [1.807, 2.05) is 6.92 Å². The number of methoxy groups -OCH3 is 1. The zero-order chi connectivity index (χ0) is 9.68. The molecule has 1 aromatic rings. The number of rotatable bonds is 4. The molecule has 0 spiro atoms. The maximum atomic E-state index is 13.0. The van der Waals surface area contributed by atoms with Gasteiger partial charge in [-0.2, -0.15) is 0 Å². The first-order valence-corrected chi connectivity index (χ1v) is 4.14. The van der Waals surface area contributed by atoms with Crippen LogP contribution in [-0.4, -0.2) is 19.8 Å². The lowest BCUT2D eigenvalue weighted by atomic mass is 10.3. The second-order valence-corrected chi connectivity index (χ2v) is 2.79. The van der Waals surface area contributed by atoms with E-state index in [0.29, 0.717) is 6.61 Å². The summed E-state index contributed by atoms with van der Waals surface area (Å²) in [6.45, 7) is 2.22. The van der Waals surface area contributed by atoms with E-state index in [2.05, 4.69) is 0 Å². The molecular formula is C10H13FO2. The molecular weight excluding hydrogens is 171 g/mol. The molecule has 3 heteroatoms. The van der Waals surface area contributed by atoms with E-state index in [1.165, 1.54) is 6.07 Å². The molecule has 0 fully saturated rings. The minimum Gasteiger partial charge on any atom is -0.488 e. The van der Waals surface area contributed by atoms with Gasteiger partial charge in [0.2, 0.25) is 0 Å². The van der Waals surface area contributed by atoms with Gasteiger partial charge in [-0.3, -0.25) is 0 Å². The highest BCUT2D eigenvalue weighted by Gasteiger charge is 2.04. The van der Waals surface area contributed by atoms with Gasteiger partial charge in [0.1, 0.15) is 6.61 Å². The number of para-hydroxylation sites is 1. The summed E-state index contributed by atoms with van der Waals surface area (Å²) in [5.74, 6) is -0.0720. The number of ether oxygens (including phenoxy) is 2. The van der Waals surface area contributed by atoms with Gasteiger partial charge in [-0.1, -0.05) is 12.1 Å². The Morgan fingerprint density at radius 1 is 1.38 bits per heavy atom. The van der Waals surface area contributed by atoms with E-state index in [0.717, 1.165) is 0 Å². The lowest BCUT2D eigenvalue weighted by molar-refractivity contribution is 0.0702. The Morgan fingerprint density at radius 3 is 2.69 bits per heavy atom. The third-order valence-corrected chi connectivity index (χ3v) is 1.71. The zero-order valence-electron chi connectivity index (χ0n) is 7.79. The minimum atomic E-state index is -0.342. The summed E-state index contributed by atoms with van der Waals surface area (Å²) in [6.07, 6.45) is -0.0281. The van der Waals surface area contributed by atoms with Crippen LogP contribution < -0.4 is 4.74 Å². The van der Waals surface area contributed by atoms with Gasteiger partial charge in [0.15, 0.2) is 11.6 Å². The molecule has 1 rings (SSSR count). The fourth-order valence-electron chi connectivity index (χ4n) is 0.837. The van der Waals surface area contributed by atoms with Gasteiger partial charge in [-0.15, -0.1) is 0 Å². The quantitative estimate of drug-likeness (QED) is 0.714. The van der Waals surface area contributed by atoms with Crippen LogP contribution in [0.25, 0.3) is 0 Å². The predicted octanol–water partition coefficient (Wildman–Crippen LogP) is 2.24. The Bertz CT molecular complexity index is 263. The average molecular weight is 184 g/mol. The molecule has 72 valence electrons. The van der Waals surface area contributed by atoms with Crippen molar-refractivity contribution in [2.24, 2.45) is 0 Å². The summed E-state index contributed by atoms with van der Waals surface area (Å²) >= 11 is 0. The van der Waals surface area contributed by atoms with Gasteiger partial charge in [0, 0.05) is 7.11 Å². The van der Waals surface area contributed by atoms with E-state index >= 15 is 0 Å². The van der Waals surface area contributed by atoms with E-state index in [4.69, 9.17) is 9.47 Å². The molecule has 13 heavy (non-hydrogen) atoms. The van der Waals surface area contributed by atoms with Crippen LogP contribution in [0.2, 0.25) is 0 Å². The third kappa shape index (κ3) is 3.03. The first kappa shape index (κ1) is 9.99. The highest BCUT2D eigenvalue weighted by molar-refractivity contribution is 5.23. The van der Waals surface area contributed by atoms with Crippen LogP contribution in [0.5, 0.6) is 5.75 Å². The van der Waals surface area contributed by atoms with E-state index in [1.54, 1.807) is 25.3 Å². The lowest BCUT2D eigenvalue weighted by Gasteiger charge is -2.11. The SMILES string of the molecule is COC(C)COc1ccccc1F. The maximum Gasteiger partial charge on any atom is 0.165 e. The molecule has 0 aliphatic rings. The fraction of sp³-hybridized carbons (Fsp3) is 0.400. The smallest absolute Gasteiger partial charge is 0.165 e. The average Bonchev–Trinajstić information content (AvgIpc) is 2.16. The zero-order valence-corrected chi connectivity index (χ0v) is 7.79. The fourth-order valence-corrected chi connectivity index (χ4v) is 0.837. The van der Waals surface area contributed by atoms with Crippen LogP contribution in [-0.2, 0) is 4.74 Å². The predicted molar refractivity (Wildman–Crippen MR) is 48.4 cm³/mol. The topological polar surface area (TPSA) is 18.5 Å². The Hall–Kier alpha value is -1.09. The molecule has 1 atom stereocenters. The van der Waals surface area contributed by atoms with Crippen molar-refractivity contribution in [1.29, 1.82) is 0 Å². The second-order valence-electron chi connectivity index (χ2n) is 2.79. The van der Waals surface area contributed by atoms with Gasteiger partial charge in [0.25, 0.3) is 0 Å². The highest BCUT2D eigenvalue weighted by Crippen LogP contribution is 2.15. The largest absolute Gasteiger partial charge is 0.488 e. The maximum absolute atomic E-state index is 13.0. The normalized spacial score (nSPS) is 12.5. The third-order valence-electron chi connectivity index (χ3n) is 1.71. The van der Waals surface area contributed by atoms with Crippen LogP contribution in [0.4, 0.5) is 4.39 Å². The molecule has 0 saturated heterocycles. The van der Waals surface area contributed by atoms with Crippen molar-refractivity contribution in [2.75, 3.05) is 13.7 Å². The number of hydrogen-bond donors (Lipinski definition) is 0. The van der Waals surface area contributed by atoms with Crippen molar-refractivity contribution in [2.45, 2.75) is 13.0 Å². The summed E-state index contributed by atoms with van der Waals surface area (Å²) in [5, 5.41) is 0. The van der Waals surface area contributed by atoms with E-state index in [-0.39, 0.29) is 17.7 Å². The summed E-state index contributed by atoms with van der Waals surface area (Å²) in [7, 11) is 1.59. The first-order chi connectivity index (χ1) is 6.24. The molecule has 0 amide bonds. The van der Waals surface area contributed by atoms with Crippen LogP contribution in [0.3, 0.4) is 0 Å². The number of hydrogen-bond acceptors (Lipinski definition) is 2. The molecule has 1 aromatic carbocycles. The number of benzene rings is 1. The first-order valence-electron chi connectivity index (χ1n) is 4.14. The summed E-state index contributed by atoms with van der Waals surface area (Å²) < 4.78 is 23.1. The van der Waals surface area contributed by atoms with Crippen molar-refractivity contribution in [3.63, 3.8) is 0 Å². The molecule has 0 aromatic heterocycles. The van der Waals surface area contributed by atoms with Crippen LogP contribution in [0.1, 0.15) is 6.92 Å². The second kappa shape index (κ2) is 4.82. The van der Waals surface area contributed by atoms with E-state index < -0.39 is 0 Å². The van der Waals surface area contributed by atoms with Crippen LogP contribution in [0, 0.1) is 5.82 Å². The molecule has 0 aliphatic carbocycles. The van der Waals surface area contributed by atoms with Crippen LogP contribution >= 0.6 is 0 Å². The van der Waals surface area contributed by atoms with Gasteiger partial charge in [-0.25, -0.2) is 4.39 Å².